The second-order valence-electron chi connectivity index (χ2n) is 7.16. The summed E-state index contributed by atoms with van der Waals surface area (Å²) in [6.45, 7) is 3.56. The highest BCUT2D eigenvalue weighted by Gasteiger charge is 2.44. The number of amides is 2. The summed E-state index contributed by atoms with van der Waals surface area (Å²) in [7, 11) is 1.63. The average Bonchev–Trinajstić information content (AvgIpc) is 3.40. The van der Waals surface area contributed by atoms with Gasteiger partial charge in [0.25, 0.3) is 0 Å². The van der Waals surface area contributed by atoms with Crippen molar-refractivity contribution >= 4 is 11.8 Å². The van der Waals surface area contributed by atoms with Gasteiger partial charge in [0.05, 0.1) is 19.1 Å². The van der Waals surface area contributed by atoms with Gasteiger partial charge in [0.15, 0.2) is 0 Å². The largest absolute Gasteiger partial charge is 0.497 e. The zero-order valence-electron chi connectivity index (χ0n) is 15.2. The fourth-order valence-electron chi connectivity index (χ4n) is 3.53. The van der Waals surface area contributed by atoms with Crippen LogP contribution in [0.5, 0.6) is 5.75 Å². The van der Waals surface area contributed by atoms with E-state index in [4.69, 9.17) is 4.74 Å². The molecule has 1 saturated heterocycles. The molecule has 136 valence electrons. The third kappa shape index (κ3) is 4.14. The van der Waals surface area contributed by atoms with Crippen LogP contribution in [0.3, 0.4) is 0 Å². The zero-order chi connectivity index (χ0) is 17.8. The lowest BCUT2D eigenvalue weighted by Crippen LogP contribution is -2.36. The molecule has 0 bridgehead atoms. The number of nitrogens with zero attached hydrogens (tertiary/aromatic N) is 1. The molecule has 2 amide bonds. The van der Waals surface area contributed by atoms with Crippen molar-refractivity contribution in [2.24, 2.45) is 11.8 Å². The molecule has 0 radical (unpaired) electrons. The molecule has 1 aliphatic carbocycles. The highest BCUT2D eigenvalue weighted by atomic mass is 16.5. The second kappa shape index (κ2) is 7.89. The van der Waals surface area contributed by atoms with Crippen LogP contribution in [0.4, 0.5) is 0 Å². The fraction of sp³-hybridized carbons (Fsp3) is 0.600. The Labute approximate surface area is 149 Å². The Balaban J connectivity index is 1.80. The molecule has 2 aliphatic rings. The molecular formula is C20H28N2O3. The van der Waals surface area contributed by atoms with E-state index in [1.165, 1.54) is 12.8 Å². The summed E-state index contributed by atoms with van der Waals surface area (Å²) in [6.07, 6.45) is 4.69. The van der Waals surface area contributed by atoms with Crippen LogP contribution in [-0.4, -0.2) is 36.9 Å². The van der Waals surface area contributed by atoms with Crippen molar-refractivity contribution in [1.82, 2.24) is 10.2 Å². The molecule has 1 heterocycles. The van der Waals surface area contributed by atoms with Gasteiger partial charge in [-0.3, -0.25) is 9.59 Å². The maximum absolute atomic E-state index is 12.7. The number of hydrogen-bond acceptors (Lipinski definition) is 3. The number of likely N-dealkylation sites (tertiary alicyclic amines) is 1. The number of carbonyl (C=O) groups excluding carboxylic acids is 2. The van der Waals surface area contributed by atoms with Crippen LogP contribution in [0.1, 0.15) is 50.6 Å². The van der Waals surface area contributed by atoms with E-state index in [-0.39, 0.29) is 23.8 Å². The van der Waals surface area contributed by atoms with Crippen molar-refractivity contribution in [3.05, 3.63) is 29.8 Å². The van der Waals surface area contributed by atoms with E-state index >= 15 is 0 Å². The van der Waals surface area contributed by atoms with Crippen LogP contribution < -0.4 is 10.1 Å². The summed E-state index contributed by atoms with van der Waals surface area (Å²) >= 11 is 0. The number of rotatable bonds is 8. The zero-order valence-corrected chi connectivity index (χ0v) is 15.2. The summed E-state index contributed by atoms with van der Waals surface area (Å²) in [6, 6.07) is 7.57. The number of benzene rings is 1. The lowest BCUT2D eigenvalue weighted by molar-refractivity contribution is -0.129. The molecule has 2 atom stereocenters. The van der Waals surface area contributed by atoms with E-state index < -0.39 is 0 Å². The molecule has 25 heavy (non-hydrogen) atoms. The van der Waals surface area contributed by atoms with Gasteiger partial charge >= 0.3 is 0 Å². The number of hydrogen-bond donors (Lipinski definition) is 1. The lowest BCUT2D eigenvalue weighted by Gasteiger charge is -2.28. The normalized spacial score (nSPS) is 23.0. The van der Waals surface area contributed by atoms with Gasteiger partial charge in [-0.1, -0.05) is 25.5 Å². The van der Waals surface area contributed by atoms with Gasteiger partial charge in [0.1, 0.15) is 5.75 Å². The number of ether oxygens (including phenoxy) is 1. The summed E-state index contributed by atoms with van der Waals surface area (Å²) < 4.78 is 5.23. The van der Waals surface area contributed by atoms with Gasteiger partial charge in [-0.15, -0.1) is 0 Å². The van der Waals surface area contributed by atoms with Gasteiger partial charge in [-0.25, -0.2) is 0 Å². The van der Waals surface area contributed by atoms with E-state index in [9.17, 15) is 9.59 Å². The van der Waals surface area contributed by atoms with E-state index in [1.54, 1.807) is 7.11 Å². The molecule has 3 rings (SSSR count). The van der Waals surface area contributed by atoms with Crippen LogP contribution >= 0.6 is 0 Å². The third-order valence-electron chi connectivity index (χ3n) is 5.24. The lowest BCUT2D eigenvalue weighted by atomic mass is 9.92. The third-order valence-corrected chi connectivity index (χ3v) is 5.24. The number of methoxy groups -OCH3 is 1. The molecule has 2 fully saturated rings. The predicted octanol–water partition coefficient (Wildman–Crippen LogP) is 2.91. The smallest absolute Gasteiger partial charge is 0.226 e. The minimum absolute atomic E-state index is 0.0140. The second-order valence-corrected chi connectivity index (χ2v) is 7.16. The van der Waals surface area contributed by atoms with Crippen molar-refractivity contribution in [2.45, 2.75) is 45.1 Å². The Hall–Kier alpha value is -2.04. The molecule has 1 aromatic rings. The van der Waals surface area contributed by atoms with Crippen LogP contribution in [0.15, 0.2) is 24.3 Å². The fourth-order valence-corrected chi connectivity index (χ4v) is 3.53. The van der Waals surface area contributed by atoms with E-state index in [2.05, 4.69) is 12.2 Å². The molecule has 5 heteroatoms. The van der Waals surface area contributed by atoms with Gasteiger partial charge < -0.3 is 15.0 Å². The highest BCUT2D eigenvalue weighted by Crippen LogP contribution is 2.39. The first kappa shape index (κ1) is 17.8. The topological polar surface area (TPSA) is 58.6 Å². The van der Waals surface area contributed by atoms with Crippen LogP contribution in [0.2, 0.25) is 0 Å². The Bertz CT molecular complexity index is 610. The van der Waals surface area contributed by atoms with Gasteiger partial charge in [0, 0.05) is 19.5 Å². The summed E-state index contributed by atoms with van der Waals surface area (Å²) in [5.74, 6) is 1.21. The van der Waals surface area contributed by atoms with Gasteiger partial charge in [-0.2, -0.15) is 0 Å². The first-order valence-electron chi connectivity index (χ1n) is 9.35. The highest BCUT2D eigenvalue weighted by molar-refractivity contribution is 5.90. The summed E-state index contributed by atoms with van der Waals surface area (Å²) in [5, 5.41) is 3.06. The average molecular weight is 344 g/mol. The van der Waals surface area contributed by atoms with E-state index in [0.717, 1.165) is 30.7 Å². The SMILES string of the molecule is CCCCN1C(=O)CC(C(=O)NCC2CC2)C1c1ccc(OC)cc1. The number of carbonyl (C=O) groups is 2. The number of nitrogens with one attached hydrogen (secondary N) is 1. The molecule has 5 nitrogen and oxygen atoms in total. The maximum Gasteiger partial charge on any atom is 0.226 e. The standard InChI is InChI=1S/C20H28N2O3/c1-3-4-11-22-18(23)12-17(20(24)21-13-14-5-6-14)19(22)15-7-9-16(25-2)10-8-15/h7-10,14,17,19H,3-6,11-13H2,1-2H3,(H,21,24). The molecule has 0 spiro atoms. The minimum atomic E-state index is -0.309. The van der Waals surface area contributed by atoms with Crippen LogP contribution in [0.25, 0.3) is 0 Å². The van der Waals surface area contributed by atoms with Crippen molar-refractivity contribution in [3.63, 3.8) is 0 Å². The molecular weight excluding hydrogens is 316 g/mol. The minimum Gasteiger partial charge on any atom is -0.497 e. The Morgan fingerprint density at radius 3 is 2.60 bits per heavy atom. The quantitative estimate of drug-likeness (QED) is 0.789. The van der Waals surface area contributed by atoms with Crippen molar-refractivity contribution in [3.8, 4) is 5.75 Å². The Kier molecular flexibility index (Phi) is 5.61. The van der Waals surface area contributed by atoms with Crippen molar-refractivity contribution in [2.75, 3.05) is 20.2 Å². The summed E-state index contributed by atoms with van der Waals surface area (Å²) in [5.41, 5.74) is 1.01. The maximum atomic E-state index is 12.7. The van der Waals surface area contributed by atoms with E-state index in [0.29, 0.717) is 18.9 Å². The molecule has 1 saturated carbocycles. The first-order valence-corrected chi connectivity index (χ1v) is 9.35. The molecule has 1 N–H and O–H groups in total. The Morgan fingerprint density at radius 2 is 2.00 bits per heavy atom. The molecule has 1 aromatic carbocycles. The molecule has 2 unspecified atom stereocenters. The molecule has 1 aliphatic heterocycles. The van der Waals surface area contributed by atoms with Crippen molar-refractivity contribution < 1.29 is 14.3 Å². The van der Waals surface area contributed by atoms with Crippen LogP contribution in [-0.2, 0) is 9.59 Å². The van der Waals surface area contributed by atoms with Crippen LogP contribution in [0, 0.1) is 11.8 Å². The Morgan fingerprint density at radius 1 is 1.28 bits per heavy atom. The van der Waals surface area contributed by atoms with Gasteiger partial charge in [0.2, 0.25) is 11.8 Å². The predicted molar refractivity (Wildman–Crippen MR) is 96.2 cm³/mol. The number of unbranched alkanes of at least 4 members (excludes halogenated alkanes) is 1. The summed E-state index contributed by atoms with van der Waals surface area (Å²) in [4.78, 5) is 27.2. The molecule has 0 aromatic heterocycles. The monoisotopic (exact) mass is 344 g/mol. The van der Waals surface area contributed by atoms with Crippen molar-refractivity contribution in [1.29, 1.82) is 0 Å². The van der Waals surface area contributed by atoms with E-state index in [1.807, 2.05) is 29.2 Å². The first-order chi connectivity index (χ1) is 12.1. The van der Waals surface area contributed by atoms with Gasteiger partial charge in [-0.05, 0) is 42.9 Å².